The first kappa shape index (κ1) is 23.3. The molecule has 164 valence electrons. The first-order valence-electron chi connectivity index (χ1n) is 9.83. The molecule has 0 saturated carbocycles. The van der Waals surface area contributed by atoms with Crippen molar-refractivity contribution in [3.8, 4) is 5.75 Å². The van der Waals surface area contributed by atoms with Crippen molar-refractivity contribution >= 4 is 5.96 Å². The monoisotopic (exact) mass is 417 g/mol. The standard InChI is InChI=1S/C20H30F3N3O3/c1-3-24-19(26(2)12-16-8-9-28-14-16)25-11-17(13-27)10-15-4-6-18(7-5-15)29-20(21,22)23/h4-7,16-17,27H,3,8-14H2,1-2H3,(H,24,25). The van der Waals surface area contributed by atoms with Crippen LogP contribution in [0.3, 0.4) is 0 Å². The SMILES string of the molecule is CCNC(=NCC(CO)Cc1ccc(OC(F)(F)F)cc1)N(C)CC1CCOC1. The second-order valence-electron chi connectivity index (χ2n) is 7.25. The number of halogens is 3. The number of alkyl halides is 3. The second-order valence-corrected chi connectivity index (χ2v) is 7.25. The highest BCUT2D eigenvalue weighted by Crippen LogP contribution is 2.23. The lowest BCUT2D eigenvalue weighted by Crippen LogP contribution is -2.41. The van der Waals surface area contributed by atoms with Crippen molar-refractivity contribution in [1.29, 1.82) is 0 Å². The highest BCUT2D eigenvalue weighted by molar-refractivity contribution is 5.79. The molecule has 1 fully saturated rings. The van der Waals surface area contributed by atoms with Gasteiger partial charge in [0.1, 0.15) is 5.75 Å². The molecule has 0 aliphatic carbocycles. The minimum Gasteiger partial charge on any atom is -0.406 e. The van der Waals surface area contributed by atoms with Gasteiger partial charge in [-0.25, -0.2) is 0 Å². The molecule has 1 aliphatic heterocycles. The largest absolute Gasteiger partial charge is 0.573 e. The van der Waals surface area contributed by atoms with E-state index >= 15 is 0 Å². The van der Waals surface area contributed by atoms with E-state index in [1.54, 1.807) is 12.1 Å². The fourth-order valence-corrected chi connectivity index (χ4v) is 3.23. The smallest absolute Gasteiger partial charge is 0.406 e. The van der Waals surface area contributed by atoms with E-state index in [0.29, 0.717) is 18.9 Å². The lowest BCUT2D eigenvalue weighted by molar-refractivity contribution is -0.274. The Kier molecular flexibility index (Phi) is 9.03. The van der Waals surface area contributed by atoms with Crippen LogP contribution in [0.5, 0.6) is 5.75 Å². The van der Waals surface area contributed by atoms with Crippen LogP contribution in [0.2, 0.25) is 0 Å². The third-order valence-corrected chi connectivity index (χ3v) is 4.69. The van der Waals surface area contributed by atoms with Crippen LogP contribution >= 0.6 is 0 Å². The van der Waals surface area contributed by atoms with Crippen LogP contribution in [0.4, 0.5) is 13.2 Å². The van der Waals surface area contributed by atoms with Crippen LogP contribution in [0, 0.1) is 11.8 Å². The number of ether oxygens (including phenoxy) is 2. The minimum atomic E-state index is -4.71. The molecule has 0 aromatic heterocycles. The van der Waals surface area contributed by atoms with Crippen molar-refractivity contribution in [2.24, 2.45) is 16.8 Å². The molecule has 1 saturated heterocycles. The molecule has 29 heavy (non-hydrogen) atoms. The summed E-state index contributed by atoms with van der Waals surface area (Å²) in [5, 5.41) is 13.0. The van der Waals surface area contributed by atoms with Gasteiger partial charge in [0.05, 0.1) is 6.61 Å². The second kappa shape index (κ2) is 11.3. The maximum absolute atomic E-state index is 12.3. The predicted octanol–water partition coefficient (Wildman–Crippen LogP) is 2.67. The normalized spacial score (nSPS) is 18.6. The molecule has 0 bridgehead atoms. The Morgan fingerprint density at radius 3 is 2.66 bits per heavy atom. The zero-order valence-corrected chi connectivity index (χ0v) is 16.9. The Labute approximate surface area is 169 Å². The molecular formula is C20H30F3N3O3. The van der Waals surface area contributed by atoms with Gasteiger partial charge in [-0.15, -0.1) is 13.2 Å². The quantitative estimate of drug-likeness (QED) is 0.478. The van der Waals surface area contributed by atoms with E-state index in [2.05, 4.69) is 19.9 Å². The molecule has 1 heterocycles. The number of aliphatic imine (C=N–C) groups is 1. The van der Waals surface area contributed by atoms with Crippen LogP contribution < -0.4 is 10.1 Å². The van der Waals surface area contributed by atoms with E-state index in [1.165, 1.54) is 12.1 Å². The van der Waals surface area contributed by atoms with Crippen molar-refractivity contribution < 1.29 is 27.8 Å². The average molecular weight is 417 g/mol. The van der Waals surface area contributed by atoms with Gasteiger partial charge in [0.15, 0.2) is 5.96 Å². The molecule has 0 amide bonds. The van der Waals surface area contributed by atoms with E-state index < -0.39 is 6.36 Å². The predicted molar refractivity (Wildman–Crippen MR) is 105 cm³/mol. The Balaban J connectivity index is 1.93. The van der Waals surface area contributed by atoms with Crippen LogP contribution in [0.1, 0.15) is 18.9 Å². The van der Waals surface area contributed by atoms with Gasteiger partial charge in [-0.05, 0) is 37.5 Å². The molecule has 1 aliphatic rings. The Hall–Kier alpha value is -2.00. The number of aliphatic hydroxyl groups is 1. The number of rotatable bonds is 9. The number of nitrogens with one attached hydrogen (secondary N) is 1. The van der Waals surface area contributed by atoms with Crippen LogP contribution in [0.15, 0.2) is 29.3 Å². The molecule has 1 aromatic carbocycles. The number of hydrogen-bond acceptors (Lipinski definition) is 4. The van der Waals surface area contributed by atoms with Crippen molar-refractivity contribution in [2.75, 3.05) is 46.5 Å². The fraction of sp³-hybridized carbons (Fsp3) is 0.650. The molecule has 2 N–H and O–H groups in total. The van der Waals surface area contributed by atoms with Crippen molar-refractivity contribution in [2.45, 2.75) is 26.1 Å². The summed E-state index contributed by atoms with van der Waals surface area (Å²) in [6, 6.07) is 5.71. The topological polar surface area (TPSA) is 66.3 Å². The van der Waals surface area contributed by atoms with Crippen molar-refractivity contribution in [3.05, 3.63) is 29.8 Å². The zero-order chi connectivity index (χ0) is 21.3. The number of benzene rings is 1. The first-order valence-corrected chi connectivity index (χ1v) is 9.83. The maximum atomic E-state index is 12.3. The fourth-order valence-electron chi connectivity index (χ4n) is 3.23. The summed E-state index contributed by atoms with van der Waals surface area (Å²) in [4.78, 5) is 6.72. The van der Waals surface area contributed by atoms with Gasteiger partial charge in [-0.3, -0.25) is 4.99 Å². The van der Waals surface area contributed by atoms with Crippen LogP contribution in [-0.2, 0) is 11.2 Å². The molecule has 0 spiro atoms. The molecule has 2 unspecified atom stereocenters. The van der Waals surface area contributed by atoms with Gasteiger partial charge >= 0.3 is 6.36 Å². The third kappa shape index (κ3) is 8.49. The lowest BCUT2D eigenvalue weighted by Gasteiger charge is -2.25. The Morgan fingerprint density at radius 2 is 2.10 bits per heavy atom. The van der Waals surface area contributed by atoms with E-state index in [4.69, 9.17) is 4.74 Å². The number of aliphatic hydroxyl groups excluding tert-OH is 1. The number of guanidine groups is 1. The molecule has 9 heteroatoms. The summed E-state index contributed by atoms with van der Waals surface area (Å²) in [6.07, 6.45) is -3.16. The Bertz CT molecular complexity index is 632. The van der Waals surface area contributed by atoms with Gasteiger partial charge in [0.25, 0.3) is 0 Å². The average Bonchev–Trinajstić information content (AvgIpc) is 3.17. The Morgan fingerprint density at radius 1 is 1.38 bits per heavy atom. The summed E-state index contributed by atoms with van der Waals surface area (Å²) < 4.78 is 46.1. The van der Waals surface area contributed by atoms with Crippen LogP contribution in [0.25, 0.3) is 0 Å². The molecule has 0 radical (unpaired) electrons. The molecule has 1 aromatic rings. The summed E-state index contributed by atoms with van der Waals surface area (Å²) >= 11 is 0. The third-order valence-electron chi connectivity index (χ3n) is 4.69. The minimum absolute atomic E-state index is 0.0656. The summed E-state index contributed by atoms with van der Waals surface area (Å²) in [7, 11) is 1.98. The molecule has 2 rings (SSSR count). The summed E-state index contributed by atoms with van der Waals surface area (Å²) in [6.45, 7) is 5.47. The lowest BCUT2D eigenvalue weighted by atomic mass is 10.0. The van der Waals surface area contributed by atoms with E-state index in [9.17, 15) is 18.3 Å². The molecule has 6 nitrogen and oxygen atoms in total. The molecular weight excluding hydrogens is 387 g/mol. The molecule has 2 atom stereocenters. The number of hydrogen-bond donors (Lipinski definition) is 2. The zero-order valence-electron chi connectivity index (χ0n) is 16.9. The van der Waals surface area contributed by atoms with Crippen molar-refractivity contribution in [1.82, 2.24) is 10.2 Å². The van der Waals surface area contributed by atoms with E-state index in [1.807, 2.05) is 14.0 Å². The van der Waals surface area contributed by atoms with E-state index in [-0.39, 0.29) is 18.3 Å². The van der Waals surface area contributed by atoms with Gasteiger partial charge in [-0.1, -0.05) is 12.1 Å². The van der Waals surface area contributed by atoms with Gasteiger partial charge < -0.3 is 24.8 Å². The summed E-state index contributed by atoms with van der Waals surface area (Å²) in [5.41, 5.74) is 0.815. The van der Waals surface area contributed by atoms with Crippen LogP contribution in [-0.4, -0.2) is 68.8 Å². The highest BCUT2D eigenvalue weighted by atomic mass is 19.4. The number of nitrogens with zero attached hydrogens (tertiary/aromatic N) is 2. The van der Waals surface area contributed by atoms with Gasteiger partial charge in [-0.2, -0.15) is 0 Å². The van der Waals surface area contributed by atoms with Gasteiger partial charge in [0.2, 0.25) is 0 Å². The summed E-state index contributed by atoms with van der Waals surface area (Å²) in [5.74, 6) is 0.856. The van der Waals surface area contributed by atoms with E-state index in [0.717, 1.165) is 44.2 Å². The van der Waals surface area contributed by atoms with Gasteiger partial charge in [0, 0.05) is 51.7 Å². The highest BCUT2D eigenvalue weighted by Gasteiger charge is 2.31. The first-order chi connectivity index (χ1) is 13.8. The maximum Gasteiger partial charge on any atom is 0.573 e. The van der Waals surface area contributed by atoms with Crippen molar-refractivity contribution in [3.63, 3.8) is 0 Å².